The van der Waals surface area contributed by atoms with Crippen molar-refractivity contribution in [1.29, 1.82) is 0 Å². The summed E-state index contributed by atoms with van der Waals surface area (Å²) in [6, 6.07) is 13.6. The first-order valence-electron chi connectivity index (χ1n) is 11.1. The molecule has 0 saturated carbocycles. The Morgan fingerprint density at radius 2 is 1.77 bits per heavy atom. The number of carbonyl (C=O) groups excluding carboxylic acids is 1. The van der Waals surface area contributed by atoms with Crippen LogP contribution in [0.1, 0.15) is 59.7 Å². The van der Waals surface area contributed by atoms with Crippen LogP contribution in [0.5, 0.6) is 5.75 Å². The predicted molar refractivity (Wildman–Crippen MR) is 123 cm³/mol. The van der Waals surface area contributed by atoms with Crippen molar-refractivity contribution < 1.29 is 32.6 Å². The average molecular weight is 489 g/mol. The van der Waals surface area contributed by atoms with Gasteiger partial charge in [-0.15, -0.1) is 0 Å². The van der Waals surface area contributed by atoms with E-state index in [1.807, 2.05) is 6.92 Å². The van der Waals surface area contributed by atoms with E-state index in [2.05, 4.69) is 10.3 Å². The van der Waals surface area contributed by atoms with Crippen molar-refractivity contribution in [2.24, 2.45) is 0 Å². The highest BCUT2D eigenvalue weighted by molar-refractivity contribution is 5.94. The van der Waals surface area contributed by atoms with Crippen LogP contribution >= 0.6 is 0 Å². The molecule has 2 aromatic carbocycles. The van der Waals surface area contributed by atoms with Gasteiger partial charge in [0.15, 0.2) is 5.69 Å². The third kappa shape index (κ3) is 6.84. The first-order chi connectivity index (χ1) is 16.6. The Kier molecular flexibility index (Phi) is 8.16. The highest BCUT2D eigenvalue weighted by Crippen LogP contribution is 2.30. The van der Waals surface area contributed by atoms with Crippen LogP contribution < -0.4 is 10.1 Å². The SMILES string of the molecule is CCCC(Oc1ccc(-n2cc(C(F)(F)F)nc2C)cc1)c1ccc(C(=O)NCCC(=O)O)cc1. The summed E-state index contributed by atoms with van der Waals surface area (Å²) in [7, 11) is 0. The van der Waals surface area contributed by atoms with Gasteiger partial charge in [-0.1, -0.05) is 25.5 Å². The molecule has 0 aliphatic carbocycles. The number of aryl methyl sites for hydroxylation is 1. The van der Waals surface area contributed by atoms with Gasteiger partial charge in [0.25, 0.3) is 5.91 Å². The van der Waals surface area contributed by atoms with Crippen LogP contribution in [0.3, 0.4) is 0 Å². The molecule has 0 spiro atoms. The van der Waals surface area contributed by atoms with Gasteiger partial charge in [-0.3, -0.25) is 9.59 Å². The second kappa shape index (κ2) is 11.1. The number of aromatic nitrogens is 2. The van der Waals surface area contributed by atoms with E-state index >= 15 is 0 Å². The van der Waals surface area contributed by atoms with Gasteiger partial charge in [0.05, 0.1) is 6.42 Å². The first kappa shape index (κ1) is 25.8. The molecular weight excluding hydrogens is 463 g/mol. The van der Waals surface area contributed by atoms with Crippen LogP contribution in [0, 0.1) is 6.92 Å². The van der Waals surface area contributed by atoms with Crippen molar-refractivity contribution in [2.45, 2.75) is 45.4 Å². The molecule has 2 N–H and O–H groups in total. The lowest BCUT2D eigenvalue weighted by molar-refractivity contribution is -0.141. The lowest BCUT2D eigenvalue weighted by Gasteiger charge is -2.20. The summed E-state index contributed by atoms with van der Waals surface area (Å²) in [5.74, 6) is -0.567. The molecule has 3 aromatic rings. The molecule has 35 heavy (non-hydrogen) atoms. The highest BCUT2D eigenvalue weighted by Gasteiger charge is 2.34. The number of nitrogens with zero attached hydrogens (tertiary/aromatic N) is 2. The molecule has 0 saturated heterocycles. The minimum atomic E-state index is -4.51. The molecule has 7 nitrogen and oxygen atoms in total. The van der Waals surface area contributed by atoms with E-state index in [4.69, 9.17) is 9.84 Å². The number of ether oxygens (including phenoxy) is 1. The maximum absolute atomic E-state index is 13.0. The molecule has 0 aliphatic rings. The highest BCUT2D eigenvalue weighted by atomic mass is 19.4. The summed E-state index contributed by atoms with van der Waals surface area (Å²) in [5, 5.41) is 11.2. The monoisotopic (exact) mass is 489 g/mol. The van der Waals surface area contributed by atoms with Crippen LogP contribution in [0.15, 0.2) is 54.7 Å². The number of hydrogen-bond acceptors (Lipinski definition) is 4. The summed E-state index contributed by atoms with van der Waals surface area (Å²) in [6.45, 7) is 3.57. The van der Waals surface area contributed by atoms with Gasteiger partial charge in [-0.25, -0.2) is 4.98 Å². The van der Waals surface area contributed by atoms with E-state index < -0.39 is 17.8 Å². The fourth-order valence-electron chi connectivity index (χ4n) is 3.51. The van der Waals surface area contributed by atoms with Crippen molar-refractivity contribution in [3.8, 4) is 11.4 Å². The number of rotatable bonds is 10. The number of carbonyl (C=O) groups is 2. The minimum absolute atomic E-state index is 0.0452. The third-order valence-electron chi connectivity index (χ3n) is 5.29. The fraction of sp³-hybridized carbons (Fsp3) is 0.320. The van der Waals surface area contributed by atoms with Crippen molar-refractivity contribution in [3.63, 3.8) is 0 Å². The molecular formula is C25H26F3N3O4. The van der Waals surface area contributed by atoms with Crippen LogP contribution in [-0.4, -0.2) is 33.1 Å². The number of alkyl halides is 3. The summed E-state index contributed by atoms with van der Waals surface area (Å²) < 4.78 is 46.4. The molecule has 1 amide bonds. The predicted octanol–water partition coefficient (Wildman–Crippen LogP) is 5.32. The molecule has 0 aliphatic heterocycles. The summed E-state index contributed by atoms with van der Waals surface area (Å²) in [5.41, 5.74) is 0.853. The van der Waals surface area contributed by atoms with Crippen molar-refractivity contribution in [3.05, 3.63) is 77.4 Å². The van der Waals surface area contributed by atoms with Gasteiger partial charge in [-0.05, 0) is 55.3 Å². The number of amides is 1. The summed E-state index contributed by atoms with van der Waals surface area (Å²) >= 11 is 0. The summed E-state index contributed by atoms with van der Waals surface area (Å²) in [4.78, 5) is 26.3. The third-order valence-corrected chi connectivity index (χ3v) is 5.29. The Morgan fingerprint density at radius 1 is 1.11 bits per heavy atom. The topological polar surface area (TPSA) is 93.5 Å². The molecule has 10 heteroatoms. The lowest BCUT2D eigenvalue weighted by Crippen LogP contribution is -2.26. The summed E-state index contributed by atoms with van der Waals surface area (Å²) in [6.07, 6.45) is -2.44. The maximum atomic E-state index is 13.0. The van der Waals surface area contributed by atoms with Crippen LogP contribution in [0.2, 0.25) is 0 Å². The fourth-order valence-corrected chi connectivity index (χ4v) is 3.51. The number of hydrogen-bond donors (Lipinski definition) is 2. The second-order valence-corrected chi connectivity index (χ2v) is 7.95. The molecule has 186 valence electrons. The van der Waals surface area contributed by atoms with Crippen molar-refractivity contribution >= 4 is 11.9 Å². The molecule has 0 bridgehead atoms. The standard InChI is InChI=1S/C25H26F3N3O4/c1-3-4-21(17-5-7-18(8-6-17)24(34)29-14-13-23(32)33)35-20-11-9-19(10-12-20)31-15-22(25(26,27)28)30-16(31)2/h5-12,15,21H,3-4,13-14H2,1-2H3,(H,29,34)(H,32,33). The van der Waals surface area contributed by atoms with E-state index in [0.717, 1.165) is 18.2 Å². The van der Waals surface area contributed by atoms with Crippen molar-refractivity contribution in [2.75, 3.05) is 6.54 Å². The van der Waals surface area contributed by atoms with Crippen molar-refractivity contribution in [1.82, 2.24) is 14.9 Å². The molecule has 1 heterocycles. The molecule has 1 atom stereocenters. The molecule has 1 unspecified atom stereocenters. The van der Waals surface area contributed by atoms with Gasteiger partial charge < -0.3 is 19.7 Å². The van der Waals surface area contributed by atoms with Gasteiger partial charge in [-0.2, -0.15) is 13.2 Å². The van der Waals surface area contributed by atoms with E-state index in [1.165, 1.54) is 11.5 Å². The number of carboxylic acid groups (broad SMARTS) is 1. The number of benzene rings is 2. The lowest BCUT2D eigenvalue weighted by atomic mass is 10.0. The van der Waals surface area contributed by atoms with Crippen LogP contribution in [0.4, 0.5) is 13.2 Å². The maximum Gasteiger partial charge on any atom is 0.434 e. The van der Waals surface area contributed by atoms with Crippen LogP contribution in [-0.2, 0) is 11.0 Å². The number of nitrogens with one attached hydrogen (secondary N) is 1. The quantitative estimate of drug-likeness (QED) is 0.402. The normalized spacial score (nSPS) is 12.3. The zero-order valence-electron chi connectivity index (χ0n) is 19.3. The smallest absolute Gasteiger partial charge is 0.434 e. The largest absolute Gasteiger partial charge is 0.486 e. The van der Waals surface area contributed by atoms with Gasteiger partial charge >= 0.3 is 12.1 Å². The Labute approximate surface area is 200 Å². The number of carboxylic acids is 1. The zero-order chi connectivity index (χ0) is 25.6. The number of halogens is 3. The minimum Gasteiger partial charge on any atom is -0.486 e. The molecule has 1 aromatic heterocycles. The van der Waals surface area contributed by atoms with Gasteiger partial charge in [0, 0.05) is 24.0 Å². The average Bonchev–Trinajstić information content (AvgIpc) is 3.21. The van der Waals surface area contributed by atoms with E-state index in [0.29, 0.717) is 23.4 Å². The molecule has 3 rings (SSSR count). The number of imidazole rings is 1. The van der Waals surface area contributed by atoms with Crippen LogP contribution in [0.25, 0.3) is 5.69 Å². The molecule has 0 radical (unpaired) electrons. The molecule has 0 fully saturated rings. The van der Waals surface area contributed by atoms with E-state index in [1.54, 1.807) is 48.5 Å². The Bertz CT molecular complexity index is 1160. The number of aliphatic carboxylic acids is 1. The first-order valence-corrected chi connectivity index (χ1v) is 11.1. The van der Waals surface area contributed by atoms with E-state index in [-0.39, 0.29) is 30.8 Å². The zero-order valence-corrected chi connectivity index (χ0v) is 19.3. The Morgan fingerprint density at radius 3 is 2.31 bits per heavy atom. The van der Waals surface area contributed by atoms with Gasteiger partial charge in [0.1, 0.15) is 17.7 Å². The van der Waals surface area contributed by atoms with Gasteiger partial charge in [0.2, 0.25) is 0 Å². The Hall–Kier alpha value is -3.82. The Balaban J connectivity index is 1.70. The van der Waals surface area contributed by atoms with E-state index in [9.17, 15) is 22.8 Å². The second-order valence-electron chi connectivity index (χ2n) is 7.95.